The fraction of sp³-hybridized carbons (Fsp3) is 0.538. The van der Waals surface area contributed by atoms with Crippen LogP contribution in [0.1, 0.15) is 24.8 Å². The molecule has 1 nitrogen and oxygen atoms in total. The molecule has 1 fully saturated rings. The van der Waals surface area contributed by atoms with Gasteiger partial charge < -0.3 is 5.32 Å². The van der Waals surface area contributed by atoms with Gasteiger partial charge in [0, 0.05) is 17.6 Å². The lowest BCUT2D eigenvalue weighted by Gasteiger charge is -2.15. The highest BCUT2D eigenvalue weighted by Crippen LogP contribution is 2.31. The van der Waals surface area contributed by atoms with Crippen LogP contribution in [0.25, 0.3) is 0 Å². The number of anilines is 1. The predicted octanol–water partition coefficient (Wildman–Crippen LogP) is 4.52. The van der Waals surface area contributed by atoms with E-state index in [0.29, 0.717) is 11.6 Å². The van der Waals surface area contributed by atoms with E-state index in [2.05, 4.69) is 5.32 Å². The molecule has 0 saturated heterocycles. The van der Waals surface area contributed by atoms with Gasteiger partial charge in [0.05, 0.1) is 5.56 Å². The van der Waals surface area contributed by atoms with E-state index >= 15 is 0 Å². The number of hydrogen-bond acceptors (Lipinski definition) is 1. The van der Waals surface area contributed by atoms with Crippen LogP contribution in [0.3, 0.4) is 0 Å². The molecule has 5 heteroatoms. The lowest BCUT2D eigenvalue weighted by atomic mass is 10.1. The molecule has 0 aliphatic heterocycles. The maximum atomic E-state index is 12.4. The first kappa shape index (κ1) is 13.5. The van der Waals surface area contributed by atoms with Gasteiger partial charge in [-0.3, -0.25) is 0 Å². The van der Waals surface area contributed by atoms with E-state index in [0.717, 1.165) is 37.9 Å². The fourth-order valence-electron chi connectivity index (χ4n) is 2.25. The average Bonchev–Trinajstić information content (AvgIpc) is 2.72. The van der Waals surface area contributed by atoms with E-state index in [-0.39, 0.29) is 5.38 Å². The summed E-state index contributed by atoms with van der Waals surface area (Å²) in [4.78, 5) is 0. The Balaban J connectivity index is 1.90. The molecule has 0 spiro atoms. The van der Waals surface area contributed by atoms with E-state index in [9.17, 15) is 13.2 Å². The van der Waals surface area contributed by atoms with E-state index in [1.165, 1.54) is 12.1 Å². The van der Waals surface area contributed by atoms with Crippen molar-refractivity contribution in [3.05, 3.63) is 29.8 Å². The van der Waals surface area contributed by atoms with Gasteiger partial charge in [0.2, 0.25) is 0 Å². The average molecular weight is 278 g/mol. The second-order valence-corrected chi connectivity index (χ2v) is 5.22. The third-order valence-corrected chi connectivity index (χ3v) is 3.92. The van der Waals surface area contributed by atoms with E-state index in [4.69, 9.17) is 11.6 Å². The largest absolute Gasteiger partial charge is 0.416 e. The van der Waals surface area contributed by atoms with Crippen LogP contribution < -0.4 is 5.32 Å². The molecule has 0 radical (unpaired) electrons. The van der Waals surface area contributed by atoms with Crippen LogP contribution in [0.2, 0.25) is 0 Å². The molecule has 0 aromatic heterocycles. The molecule has 1 aromatic carbocycles. The molecule has 1 aliphatic rings. The van der Waals surface area contributed by atoms with Crippen LogP contribution in [0.5, 0.6) is 0 Å². The summed E-state index contributed by atoms with van der Waals surface area (Å²) in [5.74, 6) is 0.411. The topological polar surface area (TPSA) is 12.0 Å². The molecule has 1 N–H and O–H groups in total. The second-order valence-electron chi connectivity index (χ2n) is 4.66. The highest BCUT2D eigenvalue weighted by atomic mass is 35.5. The van der Waals surface area contributed by atoms with E-state index in [1.54, 1.807) is 0 Å². The fourth-order valence-corrected chi connectivity index (χ4v) is 2.62. The smallest absolute Gasteiger partial charge is 0.385 e. The molecular formula is C13H15ClF3N. The van der Waals surface area contributed by atoms with Crippen molar-refractivity contribution < 1.29 is 13.2 Å². The van der Waals surface area contributed by atoms with Gasteiger partial charge in [-0.05, 0) is 43.0 Å². The van der Waals surface area contributed by atoms with Crippen molar-refractivity contribution in [1.82, 2.24) is 0 Å². The Morgan fingerprint density at radius 1 is 1.17 bits per heavy atom. The summed E-state index contributed by atoms with van der Waals surface area (Å²) < 4.78 is 37.1. The maximum absolute atomic E-state index is 12.4. The van der Waals surface area contributed by atoms with Crippen LogP contribution in [-0.4, -0.2) is 11.9 Å². The minimum atomic E-state index is -4.27. The minimum absolute atomic E-state index is 0.187. The van der Waals surface area contributed by atoms with Crippen molar-refractivity contribution in [3.63, 3.8) is 0 Å². The molecule has 18 heavy (non-hydrogen) atoms. The number of halogens is 4. The van der Waals surface area contributed by atoms with Gasteiger partial charge in [-0.2, -0.15) is 13.2 Å². The third-order valence-electron chi connectivity index (χ3n) is 3.35. The lowest BCUT2D eigenvalue weighted by Crippen LogP contribution is -2.18. The molecular weight excluding hydrogens is 263 g/mol. The standard InChI is InChI=1S/C13H15ClF3N/c14-12-3-1-2-9(12)8-18-11-6-4-10(5-7-11)13(15,16)17/h4-7,9,12,18H,1-3,8H2. The van der Waals surface area contributed by atoms with Crippen molar-refractivity contribution in [2.45, 2.75) is 30.8 Å². The molecule has 1 aromatic rings. The van der Waals surface area contributed by atoms with Gasteiger partial charge in [-0.1, -0.05) is 6.42 Å². The van der Waals surface area contributed by atoms with Crippen LogP contribution in [-0.2, 0) is 6.18 Å². The normalized spacial score (nSPS) is 24.2. The summed E-state index contributed by atoms with van der Waals surface area (Å²) in [6.45, 7) is 0.722. The van der Waals surface area contributed by atoms with E-state index in [1.807, 2.05) is 0 Å². The van der Waals surface area contributed by atoms with Crippen LogP contribution in [0.15, 0.2) is 24.3 Å². The second kappa shape index (κ2) is 5.39. The Morgan fingerprint density at radius 2 is 1.83 bits per heavy atom. The molecule has 100 valence electrons. The monoisotopic (exact) mass is 277 g/mol. The predicted molar refractivity (Wildman–Crippen MR) is 66.9 cm³/mol. The van der Waals surface area contributed by atoms with Crippen molar-refractivity contribution >= 4 is 17.3 Å². The SMILES string of the molecule is FC(F)(F)c1ccc(NCC2CCCC2Cl)cc1. The summed E-state index contributed by atoms with van der Waals surface area (Å²) in [6.07, 6.45) is -1.03. The summed E-state index contributed by atoms with van der Waals surface area (Å²) in [7, 11) is 0. The van der Waals surface area contributed by atoms with Gasteiger partial charge >= 0.3 is 6.18 Å². The highest BCUT2D eigenvalue weighted by molar-refractivity contribution is 6.20. The zero-order valence-electron chi connectivity index (χ0n) is 9.80. The Kier molecular flexibility index (Phi) is 4.05. The van der Waals surface area contributed by atoms with Crippen molar-refractivity contribution in [2.24, 2.45) is 5.92 Å². The van der Waals surface area contributed by atoms with Crippen LogP contribution in [0, 0.1) is 5.92 Å². The molecule has 1 saturated carbocycles. The van der Waals surface area contributed by atoms with Crippen molar-refractivity contribution in [1.29, 1.82) is 0 Å². The zero-order valence-corrected chi connectivity index (χ0v) is 10.6. The Morgan fingerprint density at radius 3 is 2.33 bits per heavy atom. The molecule has 0 bridgehead atoms. The van der Waals surface area contributed by atoms with Gasteiger partial charge in [0.15, 0.2) is 0 Å². The number of benzene rings is 1. The minimum Gasteiger partial charge on any atom is -0.385 e. The summed E-state index contributed by atoms with van der Waals surface area (Å²) in [5.41, 5.74) is 0.0860. The molecule has 0 heterocycles. The zero-order chi connectivity index (χ0) is 13.2. The Hall–Kier alpha value is -0.900. The van der Waals surface area contributed by atoms with Gasteiger partial charge in [0.1, 0.15) is 0 Å². The number of hydrogen-bond donors (Lipinski definition) is 1. The van der Waals surface area contributed by atoms with Gasteiger partial charge in [-0.25, -0.2) is 0 Å². The first-order chi connectivity index (χ1) is 8.47. The number of rotatable bonds is 3. The highest BCUT2D eigenvalue weighted by Gasteiger charge is 2.30. The van der Waals surface area contributed by atoms with Gasteiger partial charge in [-0.15, -0.1) is 11.6 Å². The molecule has 2 rings (SSSR count). The molecule has 0 amide bonds. The first-order valence-corrected chi connectivity index (χ1v) is 6.45. The summed E-state index contributed by atoms with van der Waals surface area (Å²) in [6, 6.07) is 5.10. The molecule has 2 unspecified atom stereocenters. The van der Waals surface area contributed by atoms with Crippen molar-refractivity contribution in [3.8, 4) is 0 Å². The molecule has 2 atom stereocenters. The summed E-state index contributed by atoms with van der Waals surface area (Å²) >= 11 is 6.14. The van der Waals surface area contributed by atoms with Crippen molar-refractivity contribution in [2.75, 3.05) is 11.9 Å². The van der Waals surface area contributed by atoms with Crippen LogP contribution in [0.4, 0.5) is 18.9 Å². The number of nitrogens with one attached hydrogen (secondary N) is 1. The molecule has 1 aliphatic carbocycles. The Bertz CT molecular complexity index is 388. The number of alkyl halides is 4. The van der Waals surface area contributed by atoms with Gasteiger partial charge in [0.25, 0.3) is 0 Å². The lowest BCUT2D eigenvalue weighted by molar-refractivity contribution is -0.137. The van der Waals surface area contributed by atoms with E-state index < -0.39 is 11.7 Å². The quantitative estimate of drug-likeness (QED) is 0.801. The third kappa shape index (κ3) is 3.31. The first-order valence-electron chi connectivity index (χ1n) is 6.02. The maximum Gasteiger partial charge on any atom is 0.416 e. The summed E-state index contributed by atoms with van der Waals surface area (Å²) in [5, 5.41) is 3.33. The Labute approximate surface area is 109 Å². The van der Waals surface area contributed by atoms with Crippen LogP contribution >= 0.6 is 11.6 Å².